The number of aryl methyl sites for hydroxylation is 1. The van der Waals surface area contributed by atoms with Crippen LogP contribution in [-0.4, -0.2) is 12.9 Å². The summed E-state index contributed by atoms with van der Waals surface area (Å²) in [6.45, 7) is 1.55. The van der Waals surface area contributed by atoms with Crippen LogP contribution in [0.3, 0.4) is 0 Å². The van der Waals surface area contributed by atoms with Gasteiger partial charge in [-0.2, -0.15) is 0 Å². The van der Waals surface area contributed by atoms with Gasteiger partial charge in [0.1, 0.15) is 5.75 Å². The number of benzene rings is 3. The van der Waals surface area contributed by atoms with Crippen molar-refractivity contribution in [3.63, 3.8) is 0 Å². The van der Waals surface area contributed by atoms with Gasteiger partial charge in [0.15, 0.2) is 5.78 Å². The number of carbonyl (C=O) groups excluding carboxylic acids is 1. The summed E-state index contributed by atoms with van der Waals surface area (Å²) in [7, 11) is 1.62. The van der Waals surface area contributed by atoms with Gasteiger partial charge in [0, 0.05) is 14.2 Å². The van der Waals surface area contributed by atoms with Crippen LogP contribution in [0.2, 0.25) is 0 Å². The third-order valence-electron chi connectivity index (χ3n) is 4.78. The zero-order valence-corrected chi connectivity index (χ0v) is 13.8. The quantitative estimate of drug-likeness (QED) is 0.626. The molecule has 1 aliphatic carbocycles. The fourth-order valence-corrected chi connectivity index (χ4v) is 3.66. The summed E-state index contributed by atoms with van der Waals surface area (Å²) in [4.78, 5) is 12.6. The molecule has 0 bridgehead atoms. The van der Waals surface area contributed by atoms with Crippen LogP contribution < -0.4 is 4.74 Å². The molecule has 0 N–H and O–H groups in total. The maximum Gasteiger partial charge on any atom is 0.160 e. The second-order valence-corrected chi connectivity index (χ2v) is 6.19. The second kappa shape index (κ2) is 5.79. The molecule has 0 aliphatic heterocycles. The molecule has 0 amide bonds. The highest BCUT2D eigenvalue weighted by molar-refractivity contribution is 6.09. The lowest BCUT2D eigenvalue weighted by atomic mass is 9.85. The molecule has 0 saturated carbocycles. The number of methoxy groups -OCH3 is 1. The van der Waals surface area contributed by atoms with Crippen LogP contribution in [0.15, 0.2) is 54.6 Å². The van der Waals surface area contributed by atoms with Gasteiger partial charge in [0.25, 0.3) is 0 Å². The number of hydrogen-bond donors (Lipinski definition) is 0. The Morgan fingerprint density at radius 3 is 2.75 bits per heavy atom. The molecule has 3 aromatic carbocycles. The Balaban J connectivity index is 2.00. The molecule has 2 heteroatoms. The average molecular weight is 318 g/mol. The minimum atomic E-state index is -1.42. The molecule has 1 unspecified atom stereocenters. The third-order valence-corrected chi connectivity index (χ3v) is 4.78. The van der Waals surface area contributed by atoms with Gasteiger partial charge in [0.05, 0.1) is 7.11 Å². The van der Waals surface area contributed by atoms with Crippen molar-refractivity contribution >= 4 is 16.6 Å². The molecule has 0 spiro atoms. The highest BCUT2D eigenvalue weighted by Crippen LogP contribution is 2.41. The molecule has 0 aromatic heterocycles. The molecule has 4 rings (SSSR count). The van der Waals surface area contributed by atoms with Gasteiger partial charge in [-0.1, -0.05) is 36.4 Å². The summed E-state index contributed by atoms with van der Waals surface area (Å²) in [5.74, 6) is 0.251. The smallest absolute Gasteiger partial charge is 0.160 e. The van der Waals surface area contributed by atoms with E-state index in [2.05, 4.69) is 0 Å². The highest BCUT2D eigenvalue weighted by atomic mass is 16.5. The van der Waals surface area contributed by atoms with Gasteiger partial charge in [-0.25, -0.2) is 0 Å². The number of fused-ring (bicyclic) bond motifs is 2. The minimum Gasteiger partial charge on any atom is -0.497 e. The number of hydrogen-bond acceptors (Lipinski definition) is 2. The molecule has 0 saturated heterocycles. The lowest BCUT2D eigenvalue weighted by Crippen LogP contribution is -2.06. The van der Waals surface area contributed by atoms with Gasteiger partial charge in [0.2, 0.25) is 0 Å². The largest absolute Gasteiger partial charge is 0.497 e. The van der Waals surface area contributed by atoms with Crippen LogP contribution in [-0.2, 0) is 6.42 Å². The van der Waals surface area contributed by atoms with Crippen molar-refractivity contribution in [2.75, 3.05) is 7.11 Å². The van der Waals surface area contributed by atoms with Crippen LogP contribution in [0.1, 0.15) is 49.0 Å². The summed E-state index contributed by atoms with van der Waals surface area (Å²) in [6, 6.07) is 17.3. The predicted molar refractivity (Wildman–Crippen MR) is 97.1 cm³/mol. The number of ether oxygens (including phenoxy) is 1. The van der Waals surface area contributed by atoms with Gasteiger partial charge < -0.3 is 4.74 Å². The molecule has 1 atom stereocenters. The number of ketones is 1. The fraction of sp³-hybridized carbons (Fsp3) is 0.227. The first-order valence-corrected chi connectivity index (χ1v) is 8.12. The van der Waals surface area contributed by atoms with Crippen LogP contribution in [0.5, 0.6) is 5.75 Å². The van der Waals surface area contributed by atoms with Gasteiger partial charge in [-0.3, -0.25) is 4.79 Å². The van der Waals surface area contributed by atoms with E-state index in [1.807, 2.05) is 54.6 Å². The molecule has 3 aromatic rings. The van der Waals surface area contributed by atoms with E-state index in [9.17, 15) is 4.79 Å². The molecule has 0 heterocycles. The van der Waals surface area contributed by atoms with Gasteiger partial charge in [-0.05, 0) is 65.4 Å². The van der Waals surface area contributed by atoms with E-state index >= 15 is 0 Å². The van der Waals surface area contributed by atoms with Gasteiger partial charge in [-0.15, -0.1) is 0 Å². The number of carbonyl (C=O) groups is 1. The zero-order valence-electron chi connectivity index (χ0n) is 15.8. The van der Waals surface area contributed by atoms with Crippen LogP contribution >= 0.6 is 0 Å². The van der Waals surface area contributed by atoms with Crippen molar-refractivity contribution in [2.45, 2.75) is 25.6 Å². The van der Waals surface area contributed by atoms with Crippen molar-refractivity contribution < 1.29 is 12.3 Å². The van der Waals surface area contributed by atoms with Crippen molar-refractivity contribution in [1.29, 1.82) is 0 Å². The Kier molecular flexibility index (Phi) is 3.08. The summed E-state index contributed by atoms with van der Waals surface area (Å²) in [6.07, 6.45) is -1.06. The lowest BCUT2D eigenvalue weighted by molar-refractivity contribution is 0.101. The summed E-state index contributed by atoms with van der Waals surface area (Å²) < 4.78 is 22.5. The Bertz CT molecular complexity index is 1020. The first-order valence-electron chi connectivity index (χ1n) is 9.12. The molecule has 0 radical (unpaired) electrons. The van der Waals surface area contributed by atoms with E-state index in [1.54, 1.807) is 14.0 Å². The van der Waals surface area contributed by atoms with Crippen molar-refractivity contribution in [3.05, 3.63) is 76.9 Å². The molecule has 0 fully saturated rings. The molecule has 2 nitrogen and oxygen atoms in total. The Labute approximate surface area is 144 Å². The first kappa shape index (κ1) is 12.8. The zero-order chi connectivity index (χ0) is 18.5. The van der Waals surface area contributed by atoms with Crippen molar-refractivity contribution in [3.8, 4) is 5.75 Å². The Morgan fingerprint density at radius 1 is 1.12 bits per heavy atom. The van der Waals surface area contributed by atoms with E-state index in [0.29, 0.717) is 12.0 Å². The van der Waals surface area contributed by atoms with Crippen LogP contribution in [0.4, 0.5) is 0 Å². The van der Waals surface area contributed by atoms with Crippen molar-refractivity contribution in [1.82, 2.24) is 0 Å². The second-order valence-electron chi connectivity index (χ2n) is 6.19. The third kappa shape index (κ3) is 2.30. The Hall–Kier alpha value is -2.61. The number of rotatable bonds is 3. The standard InChI is InChI=1S/C22H20O2/c1-14(23)22-19-12-9-17(24-2)13-16(19)8-11-21(22)20-10-7-15-5-3-4-6-18(15)20/h3-6,8-9,11-13,20H,7,10H2,1-2H3/i10D2. The van der Waals surface area contributed by atoms with Crippen molar-refractivity contribution in [2.24, 2.45) is 0 Å². The average Bonchev–Trinajstić information content (AvgIpc) is 2.89. The lowest BCUT2D eigenvalue weighted by Gasteiger charge is -2.18. The molecular weight excluding hydrogens is 296 g/mol. The highest BCUT2D eigenvalue weighted by Gasteiger charge is 2.27. The molecule has 1 aliphatic rings. The summed E-state index contributed by atoms with van der Waals surface area (Å²) in [5.41, 5.74) is 3.38. The SMILES string of the molecule is [2H]C1([2H])Cc2ccccc2C1c1ccc2cc(OC)ccc2c1C(C)=O. The van der Waals surface area contributed by atoms with Crippen LogP contribution in [0.25, 0.3) is 10.8 Å². The summed E-state index contributed by atoms with van der Waals surface area (Å²) >= 11 is 0. The maximum atomic E-state index is 12.6. The van der Waals surface area contributed by atoms with E-state index < -0.39 is 12.3 Å². The normalized spacial score (nSPS) is 19.5. The topological polar surface area (TPSA) is 26.3 Å². The first-order chi connectivity index (χ1) is 12.4. The Morgan fingerprint density at radius 2 is 1.96 bits per heavy atom. The van der Waals surface area contributed by atoms with E-state index in [-0.39, 0.29) is 5.78 Å². The van der Waals surface area contributed by atoms with Crippen LogP contribution in [0, 0.1) is 0 Å². The maximum absolute atomic E-state index is 12.6. The molecular formula is C22H20O2. The number of Topliss-reactive ketones (excluding diaryl/α,β-unsaturated/α-hetero) is 1. The van der Waals surface area contributed by atoms with Gasteiger partial charge >= 0.3 is 0 Å². The fourth-order valence-electron chi connectivity index (χ4n) is 3.66. The monoisotopic (exact) mass is 318 g/mol. The minimum absolute atomic E-state index is 0.0454. The summed E-state index contributed by atoms with van der Waals surface area (Å²) in [5, 5.41) is 1.76. The molecule has 24 heavy (non-hydrogen) atoms. The van der Waals surface area contributed by atoms with E-state index in [1.165, 1.54) is 0 Å². The predicted octanol–water partition coefficient (Wildman–Crippen LogP) is 5.13. The molecule has 120 valence electrons. The van der Waals surface area contributed by atoms with E-state index in [4.69, 9.17) is 7.48 Å². The van der Waals surface area contributed by atoms with E-state index in [0.717, 1.165) is 33.2 Å².